The van der Waals surface area contributed by atoms with Gasteiger partial charge in [-0.25, -0.2) is 19.1 Å². The van der Waals surface area contributed by atoms with Crippen LogP contribution >= 0.6 is 11.3 Å². The summed E-state index contributed by atoms with van der Waals surface area (Å²) in [7, 11) is 1.93. The zero-order valence-electron chi connectivity index (χ0n) is 17.3. The number of hydrogen-bond acceptors (Lipinski definition) is 4. The van der Waals surface area contributed by atoms with Crippen LogP contribution in [0.25, 0.3) is 10.4 Å². The van der Waals surface area contributed by atoms with Gasteiger partial charge in [0.15, 0.2) is 0 Å². The number of benzene rings is 1. The Morgan fingerprint density at radius 2 is 2.04 bits per heavy atom. The van der Waals surface area contributed by atoms with Crippen molar-refractivity contribution in [2.45, 2.75) is 53.1 Å². The van der Waals surface area contributed by atoms with E-state index in [4.69, 9.17) is 0 Å². The van der Waals surface area contributed by atoms with Crippen molar-refractivity contribution >= 4 is 29.0 Å². The van der Waals surface area contributed by atoms with Crippen molar-refractivity contribution in [3.05, 3.63) is 34.5 Å². The maximum absolute atomic E-state index is 12.6. The number of carboxylic acid groups (broad SMARTS) is 1. The molecule has 150 valence electrons. The lowest BCUT2D eigenvalue weighted by Gasteiger charge is -2.45. The number of carbonyl (C=O) groups is 2. The zero-order chi connectivity index (χ0) is 20.8. The van der Waals surface area contributed by atoms with Crippen molar-refractivity contribution in [3.8, 4) is 10.4 Å². The van der Waals surface area contributed by atoms with Gasteiger partial charge in [0, 0.05) is 24.6 Å². The van der Waals surface area contributed by atoms with E-state index in [0.29, 0.717) is 13.0 Å². The predicted octanol–water partition coefficient (Wildman–Crippen LogP) is 4.74. The fraction of sp³-hybridized carbons (Fsp3) is 0.476. The SMILES string of the molecule is CCN(C(=O)O)C1C[C@H](C)[N@+](C)(C(C)=O)c2ccc(-c3sc(C)nc3C)cc21. The van der Waals surface area contributed by atoms with Crippen LogP contribution in [0.1, 0.15) is 49.5 Å². The molecule has 0 fully saturated rings. The first-order chi connectivity index (χ1) is 13.1. The van der Waals surface area contributed by atoms with Gasteiger partial charge in [0.1, 0.15) is 5.69 Å². The van der Waals surface area contributed by atoms with Crippen LogP contribution in [0.5, 0.6) is 0 Å². The van der Waals surface area contributed by atoms with E-state index in [0.717, 1.165) is 32.4 Å². The third kappa shape index (κ3) is 3.12. The Labute approximate surface area is 170 Å². The standard InChI is InChI=1S/C21H27N3O3S/c1-7-23(21(26)27)18-10-12(2)24(6,15(5)25)19-9-8-16(11-17(18)19)20-13(3)22-14(4)28-20/h8-9,11-12,18H,7,10H2,1-6H3/p+1/t12-,18?,24+/m0/s1. The molecule has 0 aliphatic carbocycles. The molecule has 28 heavy (non-hydrogen) atoms. The number of hydrogen-bond donors (Lipinski definition) is 1. The second-order valence-corrected chi connectivity index (χ2v) is 8.89. The number of thiazole rings is 1. The van der Waals surface area contributed by atoms with Gasteiger partial charge in [-0.3, -0.25) is 0 Å². The molecular weight excluding hydrogens is 374 g/mol. The molecule has 0 bridgehead atoms. The highest BCUT2D eigenvalue weighted by Gasteiger charge is 2.47. The van der Waals surface area contributed by atoms with Crippen LogP contribution in [-0.4, -0.2) is 46.6 Å². The topological polar surface area (TPSA) is 70.5 Å². The van der Waals surface area contributed by atoms with Crippen LogP contribution in [0.3, 0.4) is 0 Å². The minimum atomic E-state index is -0.931. The smallest absolute Gasteiger partial charge is 0.407 e. The summed E-state index contributed by atoms with van der Waals surface area (Å²) in [4.78, 5) is 31.6. The Hall–Kier alpha value is -2.25. The molecule has 0 radical (unpaired) electrons. The summed E-state index contributed by atoms with van der Waals surface area (Å²) in [6, 6.07) is 5.81. The number of quaternary nitrogens is 1. The van der Waals surface area contributed by atoms with E-state index in [1.807, 2.05) is 46.9 Å². The predicted molar refractivity (Wildman–Crippen MR) is 113 cm³/mol. The summed E-state index contributed by atoms with van der Waals surface area (Å²) >= 11 is 1.63. The molecule has 1 aromatic heterocycles. The van der Waals surface area contributed by atoms with E-state index < -0.39 is 6.09 Å². The lowest BCUT2D eigenvalue weighted by Crippen LogP contribution is -2.60. The summed E-state index contributed by atoms with van der Waals surface area (Å²) in [5, 5.41) is 10.8. The van der Waals surface area contributed by atoms with E-state index in [2.05, 4.69) is 11.1 Å². The maximum atomic E-state index is 12.6. The molecule has 0 saturated carbocycles. The number of nitrogens with zero attached hydrogens (tertiary/aromatic N) is 3. The molecule has 0 saturated heterocycles. The summed E-state index contributed by atoms with van der Waals surface area (Å²) in [6.07, 6.45) is -0.326. The fourth-order valence-corrected chi connectivity index (χ4v) is 5.26. The lowest BCUT2D eigenvalue weighted by molar-refractivity contribution is -0.129. The molecule has 7 heteroatoms. The average Bonchev–Trinajstić information content (AvgIpc) is 2.97. The third-order valence-corrected chi connectivity index (χ3v) is 7.24. The van der Waals surface area contributed by atoms with Crippen LogP contribution < -0.4 is 4.48 Å². The van der Waals surface area contributed by atoms with Crippen LogP contribution in [0.15, 0.2) is 18.2 Å². The first-order valence-electron chi connectivity index (χ1n) is 9.57. The fourth-order valence-electron chi connectivity index (χ4n) is 4.35. The number of amides is 2. The van der Waals surface area contributed by atoms with Crippen molar-refractivity contribution in [1.82, 2.24) is 14.4 Å². The Morgan fingerprint density at radius 1 is 1.36 bits per heavy atom. The number of fused-ring (bicyclic) bond motifs is 1. The Balaban J connectivity index is 2.24. The Kier molecular flexibility index (Phi) is 5.34. The Bertz CT molecular complexity index is 939. The highest BCUT2D eigenvalue weighted by atomic mass is 32.1. The number of carbonyl (C=O) groups excluding carboxylic acids is 1. The molecule has 1 aliphatic rings. The normalized spacial score (nSPS) is 23.9. The molecule has 1 aliphatic heterocycles. The summed E-state index contributed by atoms with van der Waals surface area (Å²) in [5.41, 5.74) is 3.80. The molecule has 1 aromatic carbocycles. The molecule has 3 atom stereocenters. The van der Waals surface area contributed by atoms with E-state index in [9.17, 15) is 14.7 Å². The third-order valence-electron chi connectivity index (χ3n) is 6.12. The van der Waals surface area contributed by atoms with Crippen molar-refractivity contribution < 1.29 is 14.7 Å². The quantitative estimate of drug-likeness (QED) is 0.753. The van der Waals surface area contributed by atoms with Gasteiger partial charge in [-0.1, -0.05) is 0 Å². The molecule has 1 N–H and O–H groups in total. The van der Waals surface area contributed by atoms with Crippen LogP contribution in [0, 0.1) is 13.8 Å². The largest absolute Gasteiger partial charge is 0.465 e. The van der Waals surface area contributed by atoms with Gasteiger partial charge in [-0.15, -0.1) is 11.3 Å². The molecule has 2 aromatic rings. The van der Waals surface area contributed by atoms with Gasteiger partial charge in [0.05, 0.1) is 41.6 Å². The monoisotopic (exact) mass is 402 g/mol. The molecule has 6 nitrogen and oxygen atoms in total. The molecule has 2 heterocycles. The van der Waals surface area contributed by atoms with E-state index in [-0.39, 0.29) is 22.5 Å². The molecular formula is C21H28N3O3S+. The molecule has 2 amide bonds. The molecule has 0 spiro atoms. The number of aryl methyl sites for hydroxylation is 2. The van der Waals surface area contributed by atoms with Crippen LogP contribution in [-0.2, 0) is 4.79 Å². The maximum Gasteiger partial charge on any atom is 0.407 e. The van der Waals surface area contributed by atoms with E-state index >= 15 is 0 Å². The van der Waals surface area contributed by atoms with Gasteiger partial charge in [-0.05, 0) is 45.4 Å². The second-order valence-electron chi connectivity index (χ2n) is 7.68. The molecule has 3 rings (SSSR count). The highest BCUT2D eigenvalue weighted by molar-refractivity contribution is 7.15. The zero-order valence-corrected chi connectivity index (χ0v) is 18.1. The molecule has 1 unspecified atom stereocenters. The van der Waals surface area contributed by atoms with E-state index in [1.54, 1.807) is 18.3 Å². The van der Waals surface area contributed by atoms with Gasteiger partial charge < -0.3 is 10.0 Å². The second kappa shape index (κ2) is 7.29. The summed E-state index contributed by atoms with van der Waals surface area (Å²) < 4.78 is 0.185. The van der Waals surface area contributed by atoms with Crippen LogP contribution in [0.2, 0.25) is 0 Å². The number of aromatic nitrogens is 1. The van der Waals surface area contributed by atoms with Crippen molar-refractivity contribution in [2.24, 2.45) is 0 Å². The highest BCUT2D eigenvalue weighted by Crippen LogP contribution is 2.46. The Morgan fingerprint density at radius 3 is 2.54 bits per heavy atom. The minimum Gasteiger partial charge on any atom is -0.465 e. The van der Waals surface area contributed by atoms with E-state index in [1.165, 1.54) is 4.90 Å². The minimum absolute atomic E-state index is 0.0124. The average molecular weight is 403 g/mol. The van der Waals surface area contributed by atoms with Gasteiger partial charge in [-0.2, -0.15) is 0 Å². The summed E-state index contributed by atoms with van der Waals surface area (Å²) in [6.45, 7) is 9.86. The lowest BCUT2D eigenvalue weighted by atomic mass is 9.87. The first-order valence-corrected chi connectivity index (χ1v) is 10.4. The van der Waals surface area contributed by atoms with Gasteiger partial charge >= 0.3 is 12.0 Å². The number of rotatable bonds is 3. The first kappa shape index (κ1) is 20.5. The van der Waals surface area contributed by atoms with Crippen molar-refractivity contribution in [2.75, 3.05) is 13.6 Å². The van der Waals surface area contributed by atoms with Crippen molar-refractivity contribution in [3.63, 3.8) is 0 Å². The van der Waals surface area contributed by atoms with Gasteiger partial charge in [0.25, 0.3) is 0 Å². The summed E-state index contributed by atoms with van der Waals surface area (Å²) in [5.74, 6) is 0.0585. The van der Waals surface area contributed by atoms with Gasteiger partial charge in [0.2, 0.25) is 0 Å². The van der Waals surface area contributed by atoms with Crippen molar-refractivity contribution in [1.29, 1.82) is 0 Å². The van der Waals surface area contributed by atoms with Crippen LogP contribution in [0.4, 0.5) is 10.5 Å².